The van der Waals surface area contributed by atoms with E-state index in [0.29, 0.717) is 22.9 Å². The number of thioether (sulfide) groups is 1. The van der Waals surface area contributed by atoms with Crippen molar-refractivity contribution in [2.45, 2.75) is 44.6 Å². The Balaban J connectivity index is 1.77. The van der Waals surface area contributed by atoms with Crippen molar-refractivity contribution in [2.75, 3.05) is 13.2 Å². The van der Waals surface area contributed by atoms with E-state index in [1.54, 1.807) is 44.2 Å². The number of nitrogens with zero attached hydrogens (tertiary/aromatic N) is 1. The molecule has 0 saturated heterocycles. The van der Waals surface area contributed by atoms with Crippen LogP contribution in [0.2, 0.25) is 0 Å². The first-order valence-corrected chi connectivity index (χ1v) is 14.4. The van der Waals surface area contributed by atoms with Crippen molar-refractivity contribution in [1.29, 1.82) is 0 Å². The number of primary sulfonamides is 1. The molecule has 2 heterocycles. The second kappa shape index (κ2) is 10.1. The predicted molar refractivity (Wildman–Crippen MR) is 128 cm³/mol. The largest absolute Gasteiger partial charge is 0.458 e. The zero-order valence-corrected chi connectivity index (χ0v) is 21.3. The number of esters is 1. The second-order valence-corrected chi connectivity index (χ2v) is 13.3. The van der Waals surface area contributed by atoms with Gasteiger partial charge in [-0.15, -0.1) is 0 Å². The third-order valence-corrected chi connectivity index (χ3v) is 10.7. The van der Waals surface area contributed by atoms with Crippen molar-refractivity contribution in [3.8, 4) is 0 Å². The minimum Gasteiger partial charge on any atom is -0.458 e. The lowest BCUT2D eigenvalue weighted by molar-refractivity contribution is 0.0124. The first-order valence-electron chi connectivity index (χ1n) is 10.4. The third-order valence-electron chi connectivity index (χ3n) is 5.35. The van der Waals surface area contributed by atoms with Crippen molar-refractivity contribution in [3.63, 3.8) is 0 Å². The van der Waals surface area contributed by atoms with E-state index in [9.17, 15) is 26.4 Å². The molecule has 3 rings (SSSR count). The Bertz CT molecular complexity index is 1240. The predicted octanol–water partition coefficient (Wildman–Crippen LogP) is 2.35. The highest BCUT2D eigenvalue weighted by atomic mass is 32.3. The standard InChI is InChI=1S/C21H26N2O8S3/c1-4-23(21(25)31-13(2)12-30-19(24)15-8-6-5-7-9-15)17-11-18(34(22,28)29)32-20-16(17)10-14(3)33(20,26)27/h5-9,11,13-14,17H,4,10,12H2,1-3H3,(H2,22,28,29)/t13?,14-,17-/m0/s1. The van der Waals surface area contributed by atoms with Gasteiger partial charge in [0, 0.05) is 6.54 Å². The van der Waals surface area contributed by atoms with Gasteiger partial charge in [-0.3, -0.25) is 4.90 Å². The first-order chi connectivity index (χ1) is 15.9. The van der Waals surface area contributed by atoms with Crippen LogP contribution in [0.25, 0.3) is 0 Å². The van der Waals surface area contributed by atoms with Gasteiger partial charge in [0.15, 0.2) is 9.84 Å². The van der Waals surface area contributed by atoms with Gasteiger partial charge in [0.05, 0.1) is 16.9 Å². The van der Waals surface area contributed by atoms with Gasteiger partial charge in [0.25, 0.3) is 0 Å². The summed E-state index contributed by atoms with van der Waals surface area (Å²) in [6.45, 7) is 4.62. The molecule has 1 aromatic rings. The number of rotatable bonds is 7. The summed E-state index contributed by atoms with van der Waals surface area (Å²) in [5, 5.41) is 4.52. The molecule has 2 aliphatic heterocycles. The molecule has 0 radical (unpaired) electrons. The number of amides is 1. The van der Waals surface area contributed by atoms with Gasteiger partial charge in [0.1, 0.15) is 21.2 Å². The number of likely N-dealkylation sites (N-methyl/N-ethyl adjacent to an activating group) is 1. The fourth-order valence-corrected chi connectivity index (χ4v) is 8.05. The van der Waals surface area contributed by atoms with Crippen LogP contribution in [0.15, 0.2) is 50.5 Å². The van der Waals surface area contributed by atoms with Crippen LogP contribution in [-0.4, -0.2) is 64.3 Å². The maximum absolute atomic E-state index is 13.0. The molecule has 0 fully saturated rings. The fourth-order valence-electron chi connectivity index (χ4n) is 3.58. The number of carbonyl (C=O) groups is 2. The smallest absolute Gasteiger partial charge is 0.410 e. The Morgan fingerprint density at radius 3 is 2.50 bits per heavy atom. The van der Waals surface area contributed by atoms with Crippen LogP contribution in [0.1, 0.15) is 37.6 Å². The lowest BCUT2D eigenvalue weighted by atomic mass is 10.0. The Kier molecular flexibility index (Phi) is 7.80. The average Bonchev–Trinajstić information content (AvgIpc) is 3.01. The summed E-state index contributed by atoms with van der Waals surface area (Å²) in [5.74, 6) is -0.569. The van der Waals surface area contributed by atoms with Crippen LogP contribution in [0.4, 0.5) is 4.79 Å². The monoisotopic (exact) mass is 530 g/mol. The molecule has 1 aromatic carbocycles. The Morgan fingerprint density at radius 1 is 1.26 bits per heavy atom. The molecule has 2 aliphatic rings. The summed E-state index contributed by atoms with van der Waals surface area (Å²) >= 11 is 0.590. The van der Waals surface area contributed by atoms with Crippen molar-refractivity contribution in [3.05, 3.63) is 56.0 Å². The van der Waals surface area contributed by atoms with E-state index < -0.39 is 49.3 Å². The molecule has 34 heavy (non-hydrogen) atoms. The molecule has 1 amide bonds. The van der Waals surface area contributed by atoms with E-state index in [2.05, 4.69) is 0 Å². The molecule has 3 atom stereocenters. The molecule has 0 bridgehead atoms. The van der Waals surface area contributed by atoms with Gasteiger partial charge in [-0.2, -0.15) is 0 Å². The Labute approximate surface area is 203 Å². The summed E-state index contributed by atoms with van der Waals surface area (Å²) in [7, 11) is -7.95. The van der Waals surface area contributed by atoms with Gasteiger partial charge in [-0.25, -0.2) is 31.6 Å². The molecular formula is C21H26N2O8S3. The molecule has 0 saturated carbocycles. The van der Waals surface area contributed by atoms with Gasteiger partial charge in [-0.1, -0.05) is 30.0 Å². The lowest BCUT2D eigenvalue weighted by Gasteiger charge is -2.32. The summed E-state index contributed by atoms with van der Waals surface area (Å²) in [5.41, 5.74) is 0.777. The third kappa shape index (κ3) is 5.48. The number of hydrogen-bond donors (Lipinski definition) is 1. The molecule has 13 heteroatoms. The number of nitrogens with two attached hydrogens (primary N) is 1. The van der Waals surface area contributed by atoms with Crippen molar-refractivity contribution >= 4 is 43.7 Å². The normalized spacial score (nSPS) is 22.4. The molecule has 0 spiro atoms. The Morgan fingerprint density at radius 2 is 1.91 bits per heavy atom. The van der Waals surface area contributed by atoms with Crippen LogP contribution in [0.5, 0.6) is 0 Å². The summed E-state index contributed by atoms with van der Waals surface area (Å²) in [6, 6.07) is 7.38. The number of sulfonamides is 1. The van der Waals surface area contributed by atoms with E-state index in [1.165, 1.54) is 17.9 Å². The summed E-state index contributed by atoms with van der Waals surface area (Å²) in [6.07, 6.45) is -0.195. The van der Waals surface area contributed by atoms with Crippen LogP contribution < -0.4 is 5.14 Å². The maximum atomic E-state index is 13.0. The average molecular weight is 531 g/mol. The van der Waals surface area contributed by atoms with Crippen molar-refractivity contribution in [1.82, 2.24) is 4.90 Å². The number of ether oxygens (including phenoxy) is 2. The second-order valence-electron chi connectivity index (χ2n) is 7.89. The maximum Gasteiger partial charge on any atom is 0.410 e. The quantitative estimate of drug-likeness (QED) is 0.524. The molecule has 186 valence electrons. The molecule has 1 unspecified atom stereocenters. The van der Waals surface area contributed by atoms with E-state index in [4.69, 9.17) is 14.6 Å². The highest BCUT2D eigenvalue weighted by molar-refractivity contribution is 8.27. The van der Waals surface area contributed by atoms with Crippen LogP contribution in [0, 0.1) is 0 Å². The molecule has 0 aliphatic carbocycles. The summed E-state index contributed by atoms with van der Waals surface area (Å²) < 4.78 is 59.7. The van der Waals surface area contributed by atoms with Crippen molar-refractivity contribution in [2.24, 2.45) is 5.14 Å². The van der Waals surface area contributed by atoms with Gasteiger partial charge >= 0.3 is 12.1 Å². The van der Waals surface area contributed by atoms with Gasteiger partial charge in [-0.05, 0) is 51.0 Å². The molecular weight excluding hydrogens is 504 g/mol. The van der Waals surface area contributed by atoms with Crippen molar-refractivity contribution < 1.29 is 35.9 Å². The highest BCUT2D eigenvalue weighted by Gasteiger charge is 2.45. The van der Waals surface area contributed by atoms with Gasteiger partial charge in [0.2, 0.25) is 10.0 Å². The molecule has 10 nitrogen and oxygen atoms in total. The molecule has 2 N–H and O–H groups in total. The molecule has 0 aromatic heterocycles. The van der Waals surface area contributed by atoms with E-state index in [0.717, 1.165) is 0 Å². The van der Waals surface area contributed by atoms with Gasteiger partial charge < -0.3 is 9.47 Å². The number of hydrogen-bond acceptors (Lipinski definition) is 9. The van der Waals surface area contributed by atoms with Crippen LogP contribution in [0.3, 0.4) is 0 Å². The van der Waals surface area contributed by atoms with E-state index >= 15 is 0 Å². The van der Waals surface area contributed by atoms with Crippen LogP contribution >= 0.6 is 11.8 Å². The first kappa shape index (κ1) is 26.3. The van der Waals surface area contributed by atoms with E-state index in [1.807, 2.05) is 0 Å². The Hall–Kier alpha value is -2.35. The van der Waals surface area contributed by atoms with E-state index in [-0.39, 0.29) is 28.0 Å². The summed E-state index contributed by atoms with van der Waals surface area (Å²) in [4.78, 5) is 26.3. The number of sulfone groups is 1. The minimum atomic E-state index is -4.21. The number of benzene rings is 1. The zero-order chi connectivity index (χ0) is 25.3. The minimum absolute atomic E-state index is 0.0902. The lowest BCUT2D eigenvalue weighted by Crippen LogP contribution is -2.43. The number of carbonyl (C=O) groups excluding carboxylic acids is 2. The highest BCUT2D eigenvalue weighted by Crippen LogP contribution is 2.48. The van der Waals surface area contributed by atoms with Crippen LogP contribution in [-0.2, 0) is 29.3 Å². The SMILES string of the molecule is CCN(C(=O)OC(C)COC(=O)c1ccccc1)[C@H]1C=C(S(N)(=O)=O)SC2=C1C[C@H](C)S2(=O)=O. The zero-order valence-electron chi connectivity index (χ0n) is 18.8. The topological polar surface area (TPSA) is 150 Å². The fraction of sp³-hybridized carbons (Fsp3) is 0.429.